The van der Waals surface area contributed by atoms with Gasteiger partial charge in [-0.3, -0.25) is 0 Å². The van der Waals surface area contributed by atoms with Gasteiger partial charge in [0.25, 0.3) is 0 Å². The maximum Gasteiger partial charge on any atom is 0.0299 e. The van der Waals surface area contributed by atoms with E-state index in [1.807, 2.05) is 47.0 Å². The highest BCUT2D eigenvalue weighted by molar-refractivity contribution is 8.03. The van der Waals surface area contributed by atoms with Crippen LogP contribution in [0.15, 0.2) is 25.6 Å². The molecule has 0 amide bonds. The van der Waals surface area contributed by atoms with Gasteiger partial charge in [-0.15, -0.1) is 47.0 Å². The molecule has 0 aliphatic carbocycles. The van der Waals surface area contributed by atoms with Crippen LogP contribution in [0.3, 0.4) is 0 Å². The monoisotopic (exact) mass is 317 g/mol. The standard InChI is InChI=1S/C14H21S4/c1-5-15-11-9-13(17-7-3)14(18-8-4)10-12(11)16-6-2/h9H,5-8H2,1-4H3. The minimum Gasteiger partial charge on any atom is -0.125 e. The van der Waals surface area contributed by atoms with Crippen LogP contribution in [-0.4, -0.2) is 23.0 Å². The zero-order chi connectivity index (χ0) is 13.4. The molecule has 0 nitrogen and oxygen atoms in total. The van der Waals surface area contributed by atoms with E-state index in [0.717, 1.165) is 23.0 Å². The van der Waals surface area contributed by atoms with E-state index >= 15 is 0 Å². The lowest BCUT2D eigenvalue weighted by molar-refractivity contribution is 1.08. The predicted octanol–water partition coefficient (Wildman–Crippen LogP) is 5.93. The van der Waals surface area contributed by atoms with Crippen molar-refractivity contribution in [1.29, 1.82) is 0 Å². The van der Waals surface area contributed by atoms with Crippen LogP contribution in [0, 0.1) is 6.07 Å². The summed E-state index contributed by atoms with van der Waals surface area (Å²) in [6, 6.07) is 6.01. The molecule has 1 radical (unpaired) electrons. The first-order valence-electron chi connectivity index (χ1n) is 6.38. The lowest BCUT2D eigenvalue weighted by Gasteiger charge is -2.13. The van der Waals surface area contributed by atoms with Gasteiger partial charge in [0.05, 0.1) is 0 Å². The van der Waals surface area contributed by atoms with Gasteiger partial charge in [-0.25, -0.2) is 0 Å². The maximum absolute atomic E-state index is 3.64. The zero-order valence-electron chi connectivity index (χ0n) is 11.5. The smallest absolute Gasteiger partial charge is 0.0299 e. The summed E-state index contributed by atoms with van der Waals surface area (Å²) < 4.78 is 0. The van der Waals surface area contributed by atoms with Gasteiger partial charge in [-0.2, -0.15) is 0 Å². The molecule has 101 valence electrons. The van der Waals surface area contributed by atoms with Gasteiger partial charge in [-0.05, 0) is 29.1 Å². The summed E-state index contributed by atoms with van der Waals surface area (Å²) in [6.45, 7) is 8.85. The van der Waals surface area contributed by atoms with E-state index in [0.29, 0.717) is 0 Å². The third-order valence-electron chi connectivity index (χ3n) is 2.11. The SMILES string of the molecule is CCSc1[c]c(SCC)c(SCC)cc1SCC. The molecule has 0 bridgehead atoms. The minimum atomic E-state index is 1.12. The van der Waals surface area contributed by atoms with Crippen molar-refractivity contribution in [2.75, 3.05) is 23.0 Å². The maximum atomic E-state index is 3.64. The zero-order valence-corrected chi connectivity index (χ0v) is 14.8. The van der Waals surface area contributed by atoms with Crippen LogP contribution < -0.4 is 0 Å². The quantitative estimate of drug-likeness (QED) is 0.544. The molecule has 0 fully saturated rings. The summed E-state index contributed by atoms with van der Waals surface area (Å²) in [4.78, 5) is 5.48. The van der Waals surface area contributed by atoms with E-state index in [4.69, 9.17) is 0 Å². The van der Waals surface area contributed by atoms with Crippen LogP contribution in [0.4, 0.5) is 0 Å². The Bertz CT molecular complexity index is 297. The van der Waals surface area contributed by atoms with Crippen LogP contribution in [0.1, 0.15) is 27.7 Å². The third kappa shape index (κ3) is 4.95. The summed E-state index contributed by atoms with van der Waals surface area (Å²) in [7, 11) is 0. The molecule has 0 saturated heterocycles. The summed E-state index contributed by atoms with van der Waals surface area (Å²) >= 11 is 7.69. The van der Waals surface area contributed by atoms with Crippen LogP contribution in [-0.2, 0) is 0 Å². The van der Waals surface area contributed by atoms with Crippen LogP contribution in [0.25, 0.3) is 0 Å². The molecule has 0 aromatic heterocycles. The Labute approximate surface area is 129 Å². The second-order valence-electron chi connectivity index (χ2n) is 3.39. The first-order chi connectivity index (χ1) is 8.76. The molecule has 1 rings (SSSR count). The van der Waals surface area contributed by atoms with Crippen molar-refractivity contribution in [3.63, 3.8) is 0 Å². The van der Waals surface area contributed by atoms with Crippen molar-refractivity contribution < 1.29 is 0 Å². The van der Waals surface area contributed by atoms with Crippen molar-refractivity contribution in [3.05, 3.63) is 12.1 Å². The molecule has 0 aliphatic rings. The van der Waals surface area contributed by atoms with E-state index in [1.54, 1.807) is 0 Å². The molecule has 0 N–H and O–H groups in total. The second-order valence-corrected chi connectivity index (χ2v) is 8.55. The molecule has 18 heavy (non-hydrogen) atoms. The fourth-order valence-electron chi connectivity index (χ4n) is 1.51. The lowest BCUT2D eigenvalue weighted by atomic mass is 10.3. The van der Waals surface area contributed by atoms with Crippen LogP contribution in [0.2, 0.25) is 0 Å². The second kappa shape index (κ2) is 9.51. The fraction of sp³-hybridized carbons (Fsp3) is 0.571. The Morgan fingerprint density at radius 2 is 1.11 bits per heavy atom. The molecule has 0 atom stereocenters. The molecule has 0 saturated carbocycles. The van der Waals surface area contributed by atoms with Crippen molar-refractivity contribution in [1.82, 2.24) is 0 Å². The highest BCUT2D eigenvalue weighted by atomic mass is 32.2. The molecular weight excluding hydrogens is 296 g/mol. The van der Waals surface area contributed by atoms with E-state index in [-0.39, 0.29) is 0 Å². The average molecular weight is 318 g/mol. The van der Waals surface area contributed by atoms with Gasteiger partial charge in [-0.1, -0.05) is 27.7 Å². The van der Waals surface area contributed by atoms with Crippen molar-refractivity contribution in [2.45, 2.75) is 47.3 Å². The highest BCUT2D eigenvalue weighted by Gasteiger charge is 2.11. The normalized spacial score (nSPS) is 10.9. The van der Waals surface area contributed by atoms with Crippen molar-refractivity contribution in [2.24, 2.45) is 0 Å². The Morgan fingerprint density at radius 1 is 0.722 bits per heavy atom. The van der Waals surface area contributed by atoms with Crippen molar-refractivity contribution in [3.8, 4) is 0 Å². The van der Waals surface area contributed by atoms with Crippen LogP contribution in [0.5, 0.6) is 0 Å². The topological polar surface area (TPSA) is 0 Å². The largest absolute Gasteiger partial charge is 0.125 e. The summed E-state index contributed by atoms with van der Waals surface area (Å²) in [5.74, 6) is 4.48. The molecule has 0 aliphatic heterocycles. The van der Waals surface area contributed by atoms with Crippen molar-refractivity contribution >= 4 is 47.0 Å². The lowest BCUT2D eigenvalue weighted by Crippen LogP contribution is -1.88. The average Bonchev–Trinajstić information content (AvgIpc) is 2.35. The van der Waals surface area contributed by atoms with E-state index in [1.165, 1.54) is 19.6 Å². The Kier molecular flexibility index (Phi) is 8.81. The first-order valence-corrected chi connectivity index (χ1v) is 10.3. The Morgan fingerprint density at radius 3 is 1.44 bits per heavy atom. The van der Waals surface area contributed by atoms with Gasteiger partial charge in [0.1, 0.15) is 0 Å². The number of benzene rings is 1. The third-order valence-corrected chi connectivity index (χ3v) is 6.01. The predicted molar refractivity (Wildman–Crippen MR) is 90.9 cm³/mol. The van der Waals surface area contributed by atoms with E-state index in [9.17, 15) is 0 Å². The molecule has 4 heteroatoms. The first kappa shape index (κ1) is 16.7. The number of hydrogen-bond donors (Lipinski definition) is 0. The summed E-state index contributed by atoms with van der Waals surface area (Å²) in [6.07, 6.45) is 0. The van der Waals surface area contributed by atoms with Gasteiger partial charge in [0, 0.05) is 25.6 Å². The molecule has 1 aromatic carbocycles. The summed E-state index contributed by atoms with van der Waals surface area (Å²) in [5.41, 5.74) is 0. The number of thioether (sulfide) groups is 4. The number of rotatable bonds is 8. The van der Waals surface area contributed by atoms with Gasteiger partial charge in [0.15, 0.2) is 0 Å². The van der Waals surface area contributed by atoms with Gasteiger partial charge in [0.2, 0.25) is 0 Å². The van der Waals surface area contributed by atoms with Crippen LogP contribution >= 0.6 is 47.0 Å². The molecule has 0 spiro atoms. The number of hydrogen-bond acceptors (Lipinski definition) is 4. The molecular formula is C14H21S4. The Balaban J connectivity index is 3.11. The minimum absolute atomic E-state index is 1.12. The van der Waals surface area contributed by atoms with Gasteiger partial charge < -0.3 is 0 Å². The summed E-state index contributed by atoms with van der Waals surface area (Å²) in [5, 5.41) is 0. The van der Waals surface area contributed by atoms with E-state index < -0.39 is 0 Å². The fourth-order valence-corrected chi connectivity index (χ4v) is 5.07. The molecule has 0 heterocycles. The molecule has 0 unspecified atom stereocenters. The highest BCUT2D eigenvalue weighted by Crippen LogP contribution is 2.39. The molecule has 1 aromatic rings. The van der Waals surface area contributed by atoms with Gasteiger partial charge >= 0.3 is 0 Å². The Hall–Kier alpha value is 0.620. The van der Waals surface area contributed by atoms with E-state index in [2.05, 4.69) is 39.8 Å².